The maximum atomic E-state index is 13.2. The first kappa shape index (κ1) is 30.4. The minimum Gasteiger partial charge on any atom is -0.461 e. The molecule has 0 N–H and O–H groups in total. The predicted molar refractivity (Wildman–Crippen MR) is 149 cm³/mol. The smallest absolute Gasteiger partial charge is 0.320 e. The summed E-state index contributed by atoms with van der Waals surface area (Å²) >= 11 is 0. The molecule has 2 aliphatic heterocycles. The Kier molecular flexibility index (Phi) is 9.13. The first-order chi connectivity index (χ1) is 16.9. The van der Waals surface area contributed by atoms with Gasteiger partial charge in [-0.3, -0.25) is 24.3 Å². The molecule has 3 rings (SSSR count). The summed E-state index contributed by atoms with van der Waals surface area (Å²) in [5.74, 6) is -0.442. The largest absolute Gasteiger partial charge is 0.461 e. The minimum atomic E-state index is -0.221. The van der Waals surface area contributed by atoms with Gasteiger partial charge >= 0.3 is 11.9 Å². The van der Waals surface area contributed by atoms with Crippen LogP contribution in [0.2, 0.25) is 0 Å². The second kappa shape index (κ2) is 11.1. The topological polar surface area (TPSA) is 62.3 Å². The SMILES string of the molecule is CN1C(C)(C)CC(OC(=O)CN(CC(=O)OC2CC(C)(C)N(C)C(C)(C)C2)C2CCCCC2)CC1(C)C. The molecule has 2 saturated heterocycles. The van der Waals surface area contributed by atoms with Gasteiger partial charge in [-0.05, 0) is 82.3 Å². The van der Waals surface area contributed by atoms with Crippen molar-refractivity contribution in [3.8, 4) is 0 Å². The molecule has 0 bridgehead atoms. The van der Waals surface area contributed by atoms with Crippen LogP contribution in [0.4, 0.5) is 0 Å². The number of carbonyl (C=O) groups excluding carboxylic acids is 2. The van der Waals surface area contributed by atoms with E-state index in [0.717, 1.165) is 51.4 Å². The van der Waals surface area contributed by atoms with Gasteiger partial charge in [0, 0.05) is 53.9 Å². The number of esters is 2. The van der Waals surface area contributed by atoms with Crippen molar-refractivity contribution >= 4 is 11.9 Å². The fourth-order valence-corrected chi connectivity index (χ4v) is 7.26. The summed E-state index contributed by atoms with van der Waals surface area (Å²) in [6, 6.07) is 0.226. The standard InChI is InChI=1S/C30H55N3O4/c1-27(2)16-23(17-28(3,4)31(27)9)36-25(34)20-33(22-14-12-11-13-15-22)21-26(35)37-24-18-29(5,6)32(10)30(7,8)19-24/h22-24H,11-21H2,1-10H3. The quantitative estimate of drug-likeness (QED) is 0.436. The van der Waals surface area contributed by atoms with E-state index < -0.39 is 0 Å². The van der Waals surface area contributed by atoms with Crippen LogP contribution < -0.4 is 0 Å². The van der Waals surface area contributed by atoms with Gasteiger partial charge in [0.25, 0.3) is 0 Å². The first-order valence-corrected chi connectivity index (χ1v) is 14.5. The number of nitrogens with zero attached hydrogens (tertiary/aromatic N) is 3. The number of piperidine rings is 2. The van der Waals surface area contributed by atoms with Crippen LogP contribution in [-0.2, 0) is 19.1 Å². The summed E-state index contributed by atoms with van der Waals surface area (Å²) < 4.78 is 12.1. The molecular formula is C30H55N3O4. The number of hydrogen-bond donors (Lipinski definition) is 0. The van der Waals surface area contributed by atoms with Gasteiger partial charge in [0.05, 0.1) is 13.1 Å². The molecule has 0 radical (unpaired) electrons. The molecule has 0 aromatic rings. The maximum Gasteiger partial charge on any atom is 0.320 e. The van der Waals surface area contributed by atoms with Crippen LogP contribution in [0, 0.1) is 0 Å². The van der Waals surface area contributed by atoms with Crippen molar-refractivity contribution in [1.29, 1.82) is 0 Å². The lowest BCUT2D eigenvalue weighted by Gasteiger charge is -2.53. The summed E-state index contributed by atoms with van der Waals surface area (Å²) in [6.45, 7) is 18.0. The highest BCUT2D eigenvalue weighted by Gasteiger charge is 2.46. The third-order valence-electron chi connectivity index (χ3n) is 9.89. The van der Waals surface area contributed by atoms with Gasteiger partial charge in [-0.25, -0.2) is 0 Å². The van der Waals surface area contributed by atoms with E-state index in [9.17, 15) is 9.59 Å². The molecule has 1 saturated carbocycles. The number of rotatable bonds is 7. The van der Waals surface area contributed by atoms with Crippen molar-refractivity contribution in [1.82, 2.24) is 14.7 Å². The lowest BCUT2D eigenvalue weighted by molar-refractivity contribution is -0.164. The van der Waals surface area contributed by atoms with Crippen LogP contribution in [0.25, 0.3) is 0 Å². The molecule has 37 heavy (non-hydrogen) atoms. The molecule has 3 aliphatic rings. The van der Waals surface area contributed by atoms with Gasteiger partial charge in [-0.1, -0.05) is 19.3 Å². The molecular weight excluding hydrogens is 466 g/mol. The van der Waals surface area contributed by atoms with Gasteiger partial charge in [0.15, 0.2) is 0 Å². The molecule has 0 amide bonds. The summed E-state index contributed by atoms with van der Waals surface area (Å²) in [5, 5.41) is 0. The minimum absolute atomic E-state index is 0.0465. The summed E-state index contributed by atoms with van der Waals surface area (Å²) in [6.07, 6.45) is 8.55. The van der Waals surface area contributed by atoms with Crippen LogP contribution in [0.1, 0.15) is 113 Å². The van der Waals surface area contributed by atoms with Crippen LogP contribution >= 0.6 is 0 Å². The second-order valence-corrected chi connectivity index (χ2v) is 14.6. The molecule has 7 nitrogen and oxygen atoms in total. The molecule has 3 fully saturated rings. The van der Waals surface area contributed by atoms with E-state index in [1.807, 2.05) is 4.90 Å². The molecule has 0 atom stereocenters. The zero-order chi connectivity index (χ0) is 27.8. The van der Waals surface area contributed by atoms with E-state index in [1.54, 1.807) is 0 Å². The lowest BCUT2D eigenvalue weighted by atomic mass is 9.79. The predicted octanol–water partition coefficient (Wildman–Crippen LogP) is 5.01. The van der Waals surface area contributed by atoms with Crippen molar-refractivity contribution in [2.24, 2.45) is 0 Å². The monoisotopic (exact) mass is 521 g/mol. The fourth-order valence-electron chi connectivity index (χ4n) is 7.26. The third kappa shape index (κ3) is 7.48. The average Bonchev–Trinajstić information content (AvgIpc) is 2.75. The van der Waals surface area contributed by atoms with E-state index in [-0.39, 0.29) is 65.4 Å². The zero-order valence-corrected chi connectivity index (χ0v) is 25.5. The number of carbonyl (C=O) groups is 2. The van der Waals surface area contributed by atoms with Crippen molar-refractivity contribution in [3.63, 3.8) is 0 Å². The molecule has 0 unspecified atom stereocenters. The Balaban J connectivity index is 1.63. The highest BCUT2D eigenvalue weighted by molar-refractivity contribution is 5.75. The molecule has 1 aliphatic carbocycles. The molecule has 0 spiro atoms. The maximum absolute atomic E-state index is 13.2. The Bertz CT molecular complexity index is 722. The van der Waals surface area contributed by atoms with E-state index >= 15 is 0 Å². The van der Waals surface area contributed by atoms with Gasteiger partial charge < -0.3 is 9.47 Å². The van der Waals surface area contributed by atoms with Crippen molar-refractivity contribution in [3.05, 3.63) is 0 Å². The average molecular weight is 522 g/mol. The highest BCUT2D eigenvalue weighted by atomic mass is 16.6. The molecule has 2 heterocycles. The van der Waals surface area contributed by atoms with Crippen LogP contribution in [0.15, 0.2) is 0 Å². The van der Waals surface area contributed by atoms with Crippen molar-refractivity contribution in [2.45, 2.75) is 154 Å². The first-order valence-electron chi connectivity index (χ1n) is 14.5. The Morgan fingerprint density at radius 1 is 0.649 bits per heavy atom. The van der Waals surface area contributed by atoms with Crippen molar-refractivity contribution < 1.29 is 19.1 Å². The Labute approximate surface area is 226 Å². The highest BCUT2D eigenvalue weighted by Crippen LogP contribution is 2.39. The number of ether oxygens (including phenoxy) is 2. The van der Waals surface area contributed by atoms with E-state index in [1.165, 1.54) is 6.42 Å². The fraction of sp³-hybridized carbons (Fsp3) is 0.933. The lowest BCUT2D eigenvalue weighted by Crippen LogP contribution is -2.60. The summed E-state index contributed by atoms with van der Waals surface area (Å²) in [4.78, 5) is 33.2. The van der Waals surface area contributed by atoms with E-state index in [0.29, 0.717) is 0 Å². The molecule has 214 valence electrons. The Morgan fingerprint density at radius 2 is 0.973 bits per heavy atom. The normalized spacial score (nSPS) is 27.2. The molecule has 7 heteroatoms. The zero-order valence-electron chi connectivity index (χ0n) is 25.5. The summed E-state index contributed by atoms with van der Waals surface area (Å²) in [7, 11) is 4.31. The van der Waals surface area contributed by atoms with Gasteiger partial charge in [0.2, 0.25) is 0 Å². The van der Waals surface area contributed by atoms with Gasteiger partial charge in [-0.15, -0.1) is 0 Å². The van der Waals surface area contributed by atoms with Crippen LogP contribution in [0.5, 0.6) is 0 Å². The Morgan fingerprint density at radius 3 is 1.30 bits per heavy atom. The van der Waals surface area contributed by atoms with E-state index in [2.05, 4.69) is 79.3 Å². The second-order valence-electron chi connectivity index (χ2n) is 14.6. The molecule has 0 aromatic heterocycles. The Hall–Kier alpha value is -1.18. The van der Waals surface area contributed by atoms with Gasteiger partial charge in [-0.2, -0.15) is 0 Å². The molecule has 0 aromatic carbocycles. The number of hydrogen-bond acceptors (Lipinski definition) is 7. The van der Waals surface area contributed by atoms with Crippen molar-refractivity contribution in [2.75, 3.05) is 27.2 Å². The summed E-state index contributed by atoms with van der Waals surface area (Å²) in [5.41, 5.74) is -0.186. The van der Waals surface area contributed by atoms with Crippen LogP contribution in [0.3, 0.4) is 0 Å². The van der Waals surface area contributed by atoms with Gasteiger partial charge in [0.1, 0.15) is 12.2 Å². The van der Waals surface area contributed by atoms with Crippen LogP contribution in [-0.4, -0.2) is 94.2 Å². The number of likely N-dealkylation sites (tertiary alicyclic amines) is 2. The third-order valence-corrected chi connectivity index (χ3v) is 9.89. The van der Waals surface area contributed by atoms with E-state index in [4.69, 9.17) is 9.47 Å².